The number of hydrogen-bond acceptors (Lipinski definition) is 2. The fourth-order valence-corrected chi connectivity index (χ4v) is 10.7. The number of halogens is 1. The molecule has 0 atom stereocenters. The maximum absolute atomic E-state index is 5.96. The molecule has 0 saturated carbocycles. The zero-order chi connectivity index (χ0) is 15.1. The van der Waals surface area contributed by atoms with Gasteiger partial charge < -0.3 is 4.23 Å². The van der Waals surface area contributed by atoms with Crippen LogP contribution in [-0.4, -0.2) is 22.4 Å². The van der Waals surface area contributed by atoms with Crippen LogP contribution in [0.15, 0.2) is 18.5 Å². The molecule has 5 heteroatoms. The molecule has 2 rings (SSSR count). The molecule has 20 heavy (non-hydrogen) atoms. The van der Waals surface area contributed by atoms with Crippen LogP contribution in [0.5, 0.6) is 0 Å². The van der Waals surface area contributed by atoms with Crippen LogP contribution >= 0.6 is 11.6 Å². The van der Waals surface area contributed by atoms with Crippen LogP contribution in [0, 0.1) is 0 Å². The highest BCUT2D eigenvalue weighted by Gasteiger charge is 2.46. The lowest BCUT2D eigenvalue weighted by atomic mass is 10.5. The molecule has 0 amide bonds. The van der Waals surface area contributed by atoms with Crippen molar-refractivity contribution < 1.29 is 0 Å². The van der Waals surface area contributed by atoms with Crippen molar-refractivity contribution in [3.8, 4) is 0 Å². The summed E-state index contributed by atoms with van der Waals surface area (Å²) < 4.78 is 2.45. The lowest BCUT2D eigenvalue weighted by Gasteiger charge is -2.44. The van der Waals surface area contributed by atoms with Gasteiger partial charge in [-0.15, -0.1) is 0 Å². The van der Waals surface area contributed by atoms with E-state index in [1.165, 1.54) is 0 Å². The van der Waals surface area contributed by atoms with Crippen LogP contribution in [-0.2, 0) is 0 Å². The van der Waals surface area contributed by atoms with E-state index in [0.717, 1.165) is 11.2 Å². The minimum atomic E-state index is -1.76. The van der Waals surface area contributed by atoms with Crippen molar-refractivity contribution in [1.82, 2.24) is 14.2 Å². The van der Waals surface area contributed by atoms with E-state index in [0.29, 0.717) is 21.8 Å². The van der Waals surface area contributed by atoms with Gasteiger partial charge >= 0.3 is 0 Å². The van der Waals surface area contributed by atoms with Gasteiger partial charge in [-0.05, 0) is 28.9 Å². The lowest BCUT2D eigenvalue weighted by Crippen LogP contribution is -2.51. The van der Waals surface area contributed by atoms with E-state index in [-0.39, 0.29) is 0 Å². The minimum Gasteiger partial charge on any atom is -0.357 e. The van der Waals surface area contributed by atoms with Crippen molar-refractivity contribution in [2.24, 2.45) is 0 Å². The second-order valence-corrected chi connectivity index (χ2v) is 12.5. The van der Waals surface area contributed by atoms with Crippen LogP contribution in [0.2, 0.25) is 21.8 Å². The van der Waals surface area contributed by atoms with E-state index >= 15 is 0 Å². The van der Waals surface area contributed by atoms with Crippen LogP contribution in [0.25, 0.3) is 11.2 Å². The smallest absolute Gasteiger partial charge is 0.171 e. The maximum atomic E-state index is 5.96. The molecule has 2 aromatic rings. The molecule has 110 valence electrons. The van der Waals surface area contributed by atoms with Crippen molar-refractivity contribution in [3.63, 3.8) is 0 Å². The average Bonchev–Trinajstić information content (AvgIpc) is 2.72. The number of aromatic nitrogens is 3. The molecule has 0 spiro atoms. The summed E-state index contributed by atoms with van der Waals surface area (Å²) >= 11 is 5.96. The second-order valence-electron chi connectivity index (χ2n) is 6.44. The van der Waals surface area contributed by atoms with E-state index in [2.05, 4.69) is 61.9 Å². The molecule has 0 N–H and O–H groups in total. The maximum Gasteiger partial charge on any atom is 0.171 e. The predicted octanol–water partition coefficient (Wildman–Crippen LogP) is 5.11. The van der Waals surface area contributed by atoms with Gasteiger partial charge in [-0.2, -0.15) is 0 Å². The molecule has 0 fully saturated rings. The molecule has 0 saturated heterocycles. The molecule has 3 nitrogen and oxygen atoms in total. The van der Waals surface area contributed by atoms with Gasteiger partial charge in [-0.1, -0.05) is 53.1 Å². The Morgan fingerprint density at radius 3 is 2.10 bits per heavy atom. The summed E-state index contributed by atoms with van der Waals surface area (Å²) in [5, 5.41) is 0.459. The monoisotopic (exact) mass is 309 g/mol. The lowest BCUT2D eigenvalue weighted by molar-refractivity contribution is 0.770. The van der Waals surface area contributed by atoms with E-state index in [1.807, 2.05) is 6.07 Å². The summed E-state index contributed by atoms with van der Waals surface area (Å²) in [7, 11) is -1.76. The summed E-state index contributed by atoms with van der Waals surface area (Å²) in [5.41, 5.74) is 3.79. The first-order valence-electron chi connectivity index (χ1n) is 7.31. The van der Waals surface area contributed by atoms with Gasteiger partial charge in [0.05, 0.1) is 6.20 Å². The first-order chi connectivity index (χ1) is 9.31. The fourth-order valence-electron chi connectivity index (χ4n) is 4.03. The van der Waals surface area contributed by atoms with Gasteiger partial charge in [-0.25, -0.2) is 9.97 Å². The van der Waals surface area contributed by atoms with Gasteiger partial charge in [0.25, 0.3) is 0 Å². The Bertz CT molecular complexity index is 582. The Labute approximate surface area is 127 Å². The van der Waals surface area contributed by atoms with Gasteiger partial charge in [0.2, 0.25) is 0 Å². The number of hydrogen-bond donors (Lipinski definition) is 0. The topological polar surface area (TPSA) is 30.7 Å². The van der Waals surface area contributed by atoms with Crippen molar-refractivity contribution >= 4 is 31.0 Å². The van der Waals surface area contributed by atoms with Gasteiger partial charge in [-0.3, -0.25) is 0 Å². The van der Waals surface area contributed by atoms with Gasteiger partial charge in [0.1, 0.15) is 10.7 Å². The van der Waals surface area contributed by atoms with E-state index < -0.39 is 8.24 Å². The van der Waals surface area contributed by atoms with Crippen LogP contribution < -0.4 is 0 Å². The fraction of sp³-hybridized carbons (Fsp3) is 0.600. The molecule has 0 aliphatic heterocycles. The number of rotatable bonds is 4. The summed E-state index contributed by atoms with van der Waals surface area (Å²) in [6, 6.07) is 2.04. The third-order valence-corrected chi connectivity index (χ3v) is 11.5. The van der Waals surface area contributed by atoms with Crippen molar-refractivity contribution in [2.45, 2.75) is 58.2 Å². The van der Waals surface area contributed by atoms with Crippen molar-refractivity contribution in [2.75, 3.05) is 0 Å². The highest BCUT2D eigenvalue weighted by molar-refractivity contribution is 6.82. The van der Waals surface area contributed by atoms with Gasteiger partial charge in [0.15, 0.2) is 13.9 Å². The third kappa shape index (κ3) is 2.19. The molecular weight excluding hydrogens is 286 g/mol. The van der Waals surface area contributed by atoms with E-state index in [9.17, 15) is 0 Å². The molecule has 0 aliphatic rings. The highest BCUT2D eigenvalue weighted by Crippen LogP contribution is 2.43. The van der Waals surface area contributed by atoms with E-state index in [1.54, 1.807) is 6.20 Å². The Morgan fingerprint density at radius 1 is 1.05 bits per heavy atom. The van der Waals surface area contributed by atoms with Crippen molar-refractivity contribution in [3.05, 3.63) is 23.6 Å². The Balaban J connectivity index is 2.75. The van der Waals surface area contributed by atoms with Crippen LogP contribution in [0.4, 0.5) is 0 Å². The Hall–Kier alpha value is -0.873. The molecule has 0 bridgehead atoms. The van der Waals surface area contributed by atoms with Crippen LogP contribution in [0.3, 0.4) is 0 Å². The third-order valence-electron chi connectivity index (χ3n) is 4.55. The molecule has 0 aromatic carbocycles. The second kappa shape index (κ2) is 5.49. The molecule has 2 heterocycles. The zero-order valence-corrected chi connectivity index (χ0v) is 14.9. The molecule has 2 aromatic heterocycles. The van der Waals surface area contributed by atoms with E-state index in [4.69, 9.17) is 11.6 Å². The SMILES string of the molecule is CC(C)[Si](C(C)C)(C(C)C)n1ccc2nc(Cl)cnc21. The summed E-state index contributed by atoms with van der Waals surface area (Å²) in [5.74, 6) is 0. The summed E-state index contributed by atoms with van der Waals surface area (Å²) in [4.78, 5) is 8.95. The average molecular weight is 310 g/mol. The highest BCUT2D eigenvalue weighted by atomic mass is 35.5. The van der Waals surface area contributed by atoms with Gasteiger partial charge in [0, 0.05) is 0 Å². The van der Waals surface area contributed by atoms with Crippen molar-refractivity contribution in [1.29, 1.82) is 0 Å². The van der Waals surface area contributed by atoms with Crippen LogP contribution in [0.1, 0.15) is 41.5 Å². The molecule has 0 radical (unpaired) electrons. The summed E-state index contributed by atoms with van der Waals surface area (Å²) in [6.45, 7) is 14.1. The first kappa shape index (κ1) is 15.5. The molecular formula is C15H24ClN3Si. The predicted molar refractivity (Wildman–Crippen MR) is 89.0 cm³/mol. The Kier molecular flexibility index (Phi) is 4.26. The quantitative estimate of drug-likeness (QED) is 0.735. The zero-order valence-electron chi connectivity index (χ0n) is 13.2. The first-order valence-corrected chi connectivity index (χ1v) is 9.87. The molecule has 0 aliphatic carbocycles. The number of nitrogens with zero attached hydrogens (tertiary/aromatic N) is 3. The standard InChI is InChI=1S/C15H24ClN3Si/c1-10(2)20(11(3)4,12(5)6)19-8-7-13-15(19)17-9-14(16)18-13/h7-12H,1-6H3. The minimum absolute atomic E-state index is 0.459. The summed E-state index contributed by atoms with van der Waals surface area (Å²) in [6.07, 6.45) is 3.83. The number of fused-ring (bicyclic) bond motifs is 1. The molecule has 0 unspecified atom stereocenters. The largest absolute Gasteiger partial charge is 0.357 e. The Morgan fingerprint density at radius 2 is 1.60 bits per heavy atom. The normalized spacial score (nSPS) is 13.1.